The number of hydrazone groups is 1. The Kier molecular flexibility index (Phi) is 4.79. The number of benzene rings is 2. The maximum atomic E-state index is 4.26. The molecule has 1 saturated heterocycles. The molecule has 0 bridgehead atoms. The van der Waals surface area contributed by atoms with Crippen molar-refractivity contribution in [3.63, 3.8) is 0 Å². The van der Waals surface area contributed by atoms with Crippen LogP contribution in [0.25, 0.3) is 0 Å². The molecule has 1 aliphatic rings. The minimum absolute atomic E-state index is 0.996. The summed E-state index contributed by atoms with van der Waals surface area (Å²) < 4.78 is 0. The third-order valence-corrected chi connectivity index (χ3v) is 4.39. The molecule has 0 amide bonds. The van der Waals surface area contributed by atoms with E-state index < -0.39 is 0 Å². The standard InChI is InChI=1S/C17H19N3S/c1-2-4-16(5-3-1)19-18-14-15-6-8-17(9-7-15)20-10-12-21-13-11-20/h1-9,14,19H,10-13H2. The Morgan fingerprint density at radius 2 is 1.67 bits per heavy atom. The van der Waals surface area contributed by atoms with Crippen LogP contribution < -0.4 is 10.3 Å². The molecule has 0 spiro atoms. The van der Waals surface area contributed by atoms with E-state index in [9.17, 15) is 0 Å². The van der Waals surface area contributed by atoms with Gasteiger partial charge in [-0.2, -0.15) is 16.9 Å². The maximum Gasteiger partial charge on any atom is 0.0561 e. The zero-order chi connectivity index (χ0) is 14.3. The van der Waals surface area contributed by atoms with Gasteiger partial charge in [0.15, 0.2) is 0 Å². The quantitative estimate of drug-likeness (QED) is 0.689. The van der Waals surface area contributed by atoms with E-state index in [1.165, 1.54) is 17.2 Å². The van der Waals surface area contributed by atoms with Gasteiger partial charge in [-0.1, -0.05) is 30.3 Å². The SMILES string of the molecule is C(=NNc1ccccc1)c1ccc(N2CCSCC2)cc1. The molecular weight excluding hydrogens is 278 g/mol. The van der Waals surface area contributed by atoms with Crippen molar-refractivity contribution in [3.8, 4) is 0 Å². The molecule has 4 heteroatoms. The van der Waals surface area contributed by atoms with Crippen molar-refractivity contribution in [1.82, 2.24) is 0 Å². The Labute approximate surface area is 130 Å². The molecule has 2 aromatic carbocycles. The van der Waals surface area contributed by atoms with E-state index in [0.29, 0.717) is 0 Å². The molecule has 0 aliphatic carbocycles. The number of anilines is 2. The summed E-state index contributed by atoms with van der Waals surface area (Å²) in [5.41, 5.74) is 6.44. The minimum atomic E-state index is 0.996. The molecule has 0 unspecified atom stereocenters. The van der Waals surface area contributed by atoms with E-state index in [1.807, 2.05) is 48.3 Å². The van der Waals surface area contributed by atoms with E-state index >= 15 is 0 Å². The first-order valence-corrected chi connectivity index (χ1v) is 8.34. The Morgan fingerprint density at radius 3 is 2.38 bits per heavy atom. The van der Waals surface area contributed by atoms with Crippen molar-refractivity contribution in [1.29, 1.82) is 0 Å². The van der Waals surface area contributed by atoms with Crippen LogP contribution in [-0.2, 0) is 0 Å². The molecule has 0 radical (unpaired) electrons. The molecule has 0 saturated carbocycles. The molecule has 1 N–H and O–H groups in total. The van der Waals surface area contributed by atoms with Crippen molar-refractivity contribution < 1.29 is 0 Å². The lowest BCUT2D eigenvalue weighted by atomic mass is 10.2. The van der Waals surface area contributed by atoms with E-state index in [2.05, 4.69) is 39.7 Å². The first-order valence-electron chi connectivity index (χ1n) is 7.19. The van der Waals surface area contributed by atoms with Gasteiger partial charge >= 0.3 is 0 Å². The molecule has 0 aromatic heterocycles. The summed E-state index contributed by atoms with van der Waals surface area (Å²) in [6.07, 6.45) is 1.85. The summed E-state index contributed by atoms with van der Waals surface area (Å²) in [7, 11) is 0. The third-order valence-electron chi connectivity index (χ3n) is 3.45. The van der Waals surface area contributed by atoms with Gasteiger partial charge in [0.1, 0.15) is 0 Å². The van der Waals surface area contributed by atoms with Crippen LogP contribution in [0.3, 0.4) is 0 Å². The molecule has 3 nitrogen and oxygen atoms in total. The van der Waals surface area contributed by atoms with Gasteiger partial charge in [0.25, 0.3) is 0 Å². The molecule has 1 fully saturated rings. The molecular formula is C17H19N3S. The molecule has 0 atom stereocenters. The van der Waals surface area contributed by atoms with Crippen LogP contribution in [-0.4, -0.2) is 30.8 Å². The number of hydrogen-bond donors (Lipinski definition) is 1. The third kappa shape index (κ3) is 4.02. The molecule has 3 rings (SSSR count). The number of nitrogens with zero attached hydrogens (tertiary/aromatic N) is 2. The predicted molar refractivity (Wildman–Crippen MR) is 93.6 cm³/mol. The van der Waals surface area contributed by atoms with Crippen molar-refractivity contribution in [2.24, 2.45) is 5.10 Å². The van der Waals surface area contributed by atoms with Crippen molar-refractivity contribution in [2.45, 2.75) is 0 Å². The fourth-order valence-corrected chi connectivity index (χ4v) is 3.19. The first kappa shape index (κ1) is 14.0. The zero-order valence-corrected chi connectivity index (χ0v) is 12.7. The lowest BCUT2D eigenvalue weighted by Crippen LogP contribution is -2.32. The van der Waals surface area contributed by atoms with Gasteiger partial charge in [-0.15, -0.1) is 0 Å². The average molecular weight is 297 g/mol. The van der Waals surface area contributed by atoms with E-state index in [-0.39, 0.29) is 0 Å². The van der Waals surface area contributed by atoms with Crippen molar-refractivity contribution in [3.05, 3.63) is 60.2 Å². The molecule has 1 aliphatic heterocycles. The molecule has 108 valence electrons. The van der Waals surface area contributed by atoms with Crippen molar-refractivity contribution in [2.75, 3.05) is 34.9 Å². The number of rotatable bonds is 4. The Balaban J connectivity index is 1.59. The zero-order valence-electron chi connectivity index (χ0n) is 11.9. The lowest BCUT2D eigenvalue weighted by Gasteiger charge is -2.28. The molecule has 2 aromatic rings. The Morgan fingerprint density at radius 1 is 0.952 bits per heavy atom. The highest BCUT2D eigenvalue weighted by molar-refractivity contribution is 7.99. The van der Waals surface area contributed by atoms with Crippen LogP contribution in [0, 0.1) is 0 Å². The Bertz CT molecular complexity index is 575. The summed E-state index contributed by atoms with van der Waals surface area (Å²) in [4.78, 5) is 2.44. The van der Waals surface area contributed by atoms with E-state index in [4.69, 9.17) is 0 Å². The van der Waals surface area contributed by atoms with Crippen LogP contribution in [0.2, 0.25) is 0 Å². The highest BCUT2D eigenvalue weighted by atomic mass is 32.2. The minimum Gasteiger partial charge on any atom is -0.370 e. The lowest BCUT2D eigenvalue weighted by molar-refractivity contribution is 0.859. The number of thioether (sulfide) groups is 1. The van der Waals surface area contributed by atoms with Gasteiger partial charge in [0, 0.05) is 30.3 Å². The second kappa shape index (κ2) is 7.18. The first-order chi connectivity index (χ1) is 10.4. The van der Waals surface area contributed by atoms with E-state index in [0.717, 1.165) is 24.3 Å². The molecule has 1 heterocycles. The second-order valence-electron chi connectivity index (χ2n) is 4.93. The highest BCUT2D eigenvalue weighted by Gasteiger charge is 2.10. The summed E-state index contributed by atoms with van der Waals surface area (Å²) >= 11 is 2.03. The van der Waals surface area contributed by atoms with Gasteiger partial charge in [0.2, 0.25) is 0 Å². The molecule has 21 heavy (non-hydrogen) atoms. The summed E-state index contributed by atoms with van der Waals surface area (Å²) in [6, 6.07) is 18.6. The van der Waals surface area contributed by atoms with E-state index in [1.54, 1.807) is 0 Å². The normalized spacial score (nSPS) is 15.3. The fourth-order valence-electron chi connectivity index (χ4n) is 2.29. The van der Waals surface area contributed by atoms with Gasteiger partial charge in [0.05, 0.1) is 11.9 Å². The maximum absolute atomic E-state index is 4.26. The highest BCUT2D eigenvalue weighted by Crippen LogP contribution is 2.19. The van der Waals surface area contributed by atoms with Crippen LogP contribution in [0.5, 0.6) is 0 Å². The summed E-state index contributed by atoms with van der Waals surface area (Å²) in [5.74, 6) is 2.45. The Hall–Kier alpha value is -1.94. The van der Waals surface area contributed by atoms with Crippen molar-refractivity contribution >= 4 is 29.4 Å². The van der Waals surface area contributed by atoms with Crippen LogP contribution in [0.1, 0.15) is 5.56 Å². The topological polar surface area (TPSA) is 27.6 Å². The fraction of sp³-hybridized carbons (Fsp3) is 0.235. The summed E-state index contributed by atoms with van der Waals surface area (Å²) in [5, 5.41) is 4.26. The van der Waals surface area contributed by atoms with Crippen LogP contribution in [0.4, 0.5) is 11.4 Å². The number of para-hydroxylation sites is 1. The van der Waals surface area contributed by atoms with Gasteiger partial charge in [-0.25, -0.2) is 0 Å². The average Bonchev–Trinajstić information content (AvgIpc) is 2.57. The summed E-state index contributed by atoms with van der Waals surface area (Å²) in [6.45, 7) is 2.29. The largest absolute Gasteiger partial charge is 0.370 e. The predicted octanol–water partition coefficient (Wildman–Crippen LogP) is 3.69. The second-order valence-corrected chi connectivity index (χ2v) is 6.15. The monoisotopic (exact) mass is 297 g/mol. The number of hydrogen-bond acceptors (Lipinski definition) is 4. The van der Waals surface area contributed by atoms with Crippen LogP contribution in [0.15, 0.2) is 59.7 Å². The smallest absolute Gasteiger partial charge is 0.0561 e. The van der Waals surface area contributed by atoms with Gasteiger partial charge < -0.3 is 4.90 Å². The van der Waals surface area contributed by atoms with Crippen LogP contribution >= 0.6 is 11.8 Å². The van der Waals surface area contributed by atoms with Gasteiger partial charge in [-0.3, -0.25) is 5.43 Å². The number of nitrogens with one attached hydrogen (secondary N) is 1. The van der Waals surface area contributed by atoms with Gasteiger partial charge in [-0.05, 0) is 29.8 Å².